The number of halogens is 1. The van der Waals surface area contributed by atoms with Crippen LogP contribution in [-0.4, -0.2) is 24.3 Å². The molecule has 1 rings (SSSR count). The van der Waals surface area contributed by atoms with Crippen molar-refractivity contribution >= 4 is 12.4 Å². The van der Waals surface area contributed by atoms with Crippen molar-refractivity contribution in [1.29, 1.82) is 0 Å². The van der Waals surface area contributed by atoms with E-state index < -0.39 is 0 Å². The molecule has 1 aliphatic rings. The maximum absolute atomic E-state index is 9.02. The molecule has 0 unspecified atom stereocenters. The SMILES string of the molecule is C[C@@H]1CNC[C@H](O)C1.Cl. The molecule has 1 fully saturated rings. The first-order chi connectivity index (χ1) is 3.79. The molecule has 0 aromatic rings. The smallest absolute Gasteiger partial charge is 0.0667 e. The third-order valence-electron chi connectivity index (χ3n) is 1.55. The van der Waals surface area contributed by atoms with E-state index in [0.29, 0.717) is 5.92 Å². The van der Waals surface area contributed by atoms with Crippen molar-refractivity contribution in [3.63, 3.8) is 0 Å². The number of piperidine rings is 1. The first-order valence-corrected chi connectivity index (χ1v) is 3.18. The zero-order chi connectivity index (χ0) is 5.98. The maximum atomic E-state index is 9.02. The molecule has 1 heterocycles. The number of hydrogen-bond donors (Lipinski definition) is 2. The van der Waals surface area contributed by atoms with Gasteiger partial charge in [0.25, 0.3) is 0 Å². The maximum Gasteiger partial charge on any atom is 0.0667 e. The molecular formula is C6H14ClNO. The summed E-state index contributed by atoms with van der Waals surface area (Å²) >= 11 is 0. The number of β-amino-alcohol motifs (C(OH)–C–C–N with tert-alkyl or cyclic N) is 1. The van der Waals surface area contributed by atoms with E-state index in [2.05, 4.69) is 12.2 Å². The minimum atomic E-state index is -0.0984. The highest BCUT2D eigenvalue weighted by Crippen LogP contribution is 2.07. The Morgan fingerprint density at radius 3 is 2.44 bits per heavy atom. The molecule has 0 aromatic carbocycles. The molecule has 1 saturated heterocycles. The Morgan fingerprint density at radius 1 is 1.44 bits per heavy atom. The monoisotopic (exact) mass is 151 g/mol. The minimum Gasteiger partial charge on any atom is -0.392 e. The molecule has 1 aliphatic heterocycles. The van der Waals surface area contributed by atoms with E-state index >= 15 is 0 Å². The van der Waals surface area contributed by atoms with Crippen LogP contribution in [-0.2, 0) is 0 Å². The molecule has 0 aliphatic carbocycles. The summed E-state index contributed by atoms with van der Waals surface area (Å²) in [6.45, 7) is 4.00. The van der Waals surface area contributed by atoms with E-state index in [1.807, 2.05) is 0 Å². The van der Waals surface area contributed by atoms with Gasteiger partial charge in [0.05, 0.1) is 6.10 Å². The van der Waals surface area contributed by atoms with Crippen LogP contribution < -0.4 is 5.32 Å². The average molecular weight is 152 g/mol. The molecule has 0 saturated carbocycles. The summed E-state index contributed by atoms with van der Waals surface area (Å²) in [6, 6.07) is 0. The Morgan fingerprint density at radius 2 is 2.11 bits per heavy atom. The summed E-state index contributed by atoms with van der Waals surface area (Å²) in [7, 11) is 0. The number of aliphatic hydroxyl groups is 1. The van der Waals surface area contributed by atoms with E-state index in [-0.39, 0.29) is 18.5 Å². The van der Waals surface area contributed by atoms with Crippen LogP contribution in [0.1, 0.15) is 13.3 Å². The first-order valence-electron chi connectivity index (χ1n) is 3.18. The van der Waals surface area contributed by atoms with Crippen LogP contribution in [0.25, 0.3) is 0 Å². The molecule has 2 N–H and O–H groups in total. The molecule has 0 bridgehead atoms. The lowest BCUT2D eigenvalue weighted by Gasteiger charge is -2.23. The third-order valence-corrected chi connectivity index (χ3v) is 1.55. The highest BCUT2D eigenvalue weighted by molar-refractivity contribution is 5.85. The Kier molecular flexibility index (Phi) is 4.19. The average Bonchev–Trinajstić information content (AvgIpc) is 1.64. The van der Waals surface area contributed by atoms with Gasteiger partial charge in [-0.05, 0) is 18.9 Å². The van der Waals surface area contributed by atoms with Crippen molar-refractivity contribution in [3.05, 3.63) is 0 Å². The van der Waals surface area contributed by atoms with Crippen molar-refractivity contribution < 1.29 is 5.11 Å². The standard InChI is InChI=1S/C6H13NO.ClH/c1-5-2-6(8)4-7-3-5;/h5-8H,2-4H2,1H3;1H/t5-,6+;/m0./s1. The molecule has 3 heteroatoms. The highest BCUT2D eigenvalue weighted by atomic mass is 35.5. The summed E-state index contributed by atoms with van der Waals surface area (Å²) in [6.07, 6.45) is 0.867. The fraction of sp³-hybridized carbons (Fsp3) is 1.00. The largest absolute Gasteiger partial charge is 0.392 e. The zero-order valence-corrected chi connectivity index (χ0v) is 6.45. The van der Waals surface area contributed by atoms with Crippen LogP contribution in [0.4, 0.5) is 0 Å². The van der Waals surface area contributed by atoms with Crippen LogP contribution in [0.5, 0.6) is 0 Å². The van der Waals surface area contributed by atoms with Gasteiger partial charge in [-0.1, -0.05) is 6.92 Å². The topological polar surface area (TPSA) is 32.3 Å². The summed E-state index contributed by atoms with van der Waals surface area (Å²) < 4.78 is 0. The van der Waals surface area contributed by atoms with Gasteiger partial charge in [0.1, 0.15) is 0 Å². The Balaban J connectivity index is 0.000000640. The van der Waals surface area contributed by atoms with Gasteiger partial charge < -0.3 is 10.4 Å². The van der Waals surface area contributed by atoms with Gasteiger partial charge in [0, 0.05) is 6.54 Å². The minimum absolute atomic E-state index is 0. The summed E-state index contributed by atoms with van der Waals surface area (Å²) in [5, 5.41) is 12.2. The van der Waals surface area contributed by atoms with Gasteiger partial charge in [-0.15, -0.1) is 12.4 Å². The lowest BCUT2D eigenvalue weighted by molar-refractivity contribution is 0.119. The van der Waals surface area contributed by atoms with E-state index in [9.17, 15) is 0 Å². The number of aliphatic hydroxyl groups excluding tert-OH is 1. The second kappa shape index (κ2) is 4.09. The lowest BCUT2D eigenvalue weighted by Crippen LogP contribution is -2.38. The van der Waals surface area contributed by atoms with E-state index in [4.69, 9.17) is 5.11 Å². The molecule has 56 valence electrons. The van der Waals surface area contributed by atoms with Crippen LogP contribution >= 0.6 is 12.4 Å². The van der Waals surface area contributed by atoms with Crippen molar-refractivity contribution in [2.45, 2.75) is 19.4 Å². The Hall–Kier alpha value is 0.210. The fourth-order valence-corrected chi connectivity index (χ4v) is 1.13. The van der Waals surface area contributed by atoms with Crippen molar-refractivity contribution in [1.82, 2.24) is 5.32 Å². The van der Waals surface area contributed by atoms with Crippen LogP contribution in [0.15, 0.2) is 0 Å². The van der Waals surface area contributed by atoms with E-state index in [1.54, 1.807) is 0 Å². The molecule has 0 aromatic heterocycles. The van der Waals surface area contributed by atoms with Gasteiger partial charge in [-0.3, -0.25) is 0 Å². The van der Waals surface area contributed by atoms with Gasteiger partial charge in [0.15, 0.2) is 0 Å². The second-order valence-electron chi connectivity index (χ2n) is 2.65. The molecule has 0 amide bonds. The Bertz CT molecular complexity index is 71.5. The van der Waals surface area contributed by atoms with Crippen LogP contribution in [0.2, 0.25) is 0 Å². The predicted octanol–water partition coefficient (Wildman–Crippen LogP) is 0.398. The Labute approximate surface area is 62.1 Å². The molecule has 9 heavy (non-hydrogen) atoms. The van der Waals surface area contributed by atoms with Crippen molar-refractivity contribution in [2.24, 2.45) is 5.92 Å². The zero-order valence-electron chi connectivity index (χ0n) is 5.63. The quantitative estimate of drug-likeness (QED) is 0.526. The molecular weight excluding hydrogens is 138 g/mol. The fourth-order valence-electron chi connectivity index (χ4n) is 1.13. The number of rotatable bonds is 0. The molecule has 2 nitrogen and oxygen atoms in total. The van der Waals surface area contributed by atoms with Crippen molar-refractivity contribution in [3.8, 4) is 0 Å². The van der Waals surface area contributed by atoms with Crippen LogP contribution in [0.3, 0.4) is 0 Å². The van der Waals surface area contributed by atoms with E-state index in [1.165, 1.54) is 0 Å². The van der Waals surface area contributed by atoms with Gasteiger partial charge in [-0.25, -0.2) is 0 Å². The predicted molar refractivity (Wildman–Crippen MR) is 39.9 cm³/mol. The van der Waals surface area contributed by atoms with Gasteiger partial charge in [-0.2, -0.15) is 0 Å². The normalized spacial score (nSPS) is 35.3. The highest BCUT2D eigenvalue weighted by Gasteiger charge is 2.14. The summed E-state index contributed by atoms with van der Waals surface area (Å²) in [5.41, 5.74) is 0. The molecule has 0 spiro atoms. The number of nitrogens with one attached hydrogen (secondary N) is 1. The van der Waals surface area contributed by atoms with Crippen molar-refractivity contribution in [2.75, 3.05) is 13.1 Å². The summed E-state index contributed by atoms with van der Waals surface area (Å²) in [4.78, 5) is 0. The lowest BCUT2D eigenvalue weighted by atomic mass is 10.0. The van der Waals surface area contributed by atoms with Gasteiger partial charge >= 0.3 is 0 Å². The van der Waals surface area contributed by atoms with Gasteiger partial charge in [0.2, 0.25) is 0 Å². The molecule has 0 radical (unpaired) electrons. The first kappa shape index (κ1) is 9.21. The molecule has 2 atom stereocenters. The second-order valence-corrected chi connectivity index (χ2v) is 2.65. The van der Waals surface area contributed by atoms with Crippen LogP contribution in [0, 0.1) is 5.92 Å². The summed E-state index contributed by atoms with van der Waals surface area (Å²) in [5.74, 6) is 0.652. The van der Waals surface area contributed by atoms with E-state index in [0.717, 1.165) is 19.5 Å². The third kappa shape index (κ3) is 3.04. The number of hydrogen-bond acceptors (Lipinski definition) is 2.